The summed E-state index contributed by atoms with van der Waals surface area (Å²) in [4.78, 5) is 116. The summed E-state index contributed by atoms with van der Waals surface area (Å²) in [6, 6.07) is 10.8. The van der Waals surface area contributed by atoms with Crippen LogP contribution in [0.4, 0.5) is 14.5 Å². The van der Waals surface area contributed by atoms with E-state index < -0.39 is 49.2 Å². The average Bonchev–Trinajstić information content (AvgIpc) is 1.82. The number of anilines is 1. The predicted molar refractivity (Wildman–Crippen MR) is 347 cm³/mol. The number of pyridine rings is 2. The lowest BCUT2D eigenvalue weighted by Crippen LogP contribution is -2.43. The predicted octanol–water partition coefficient (Wildman–Crippen LogP) is 5.72. The van der Waals surface area contributed by atoms with Crippen LogP contribution in [-0.2, 0) is 52.5 Å². The molecule has 6 aliphatic rings. The molecule has 0 bridgehead atoms. The molecule has 1 unspecified atom stereocenters. The first-order valence-electron chi connectivity index (χ1n) is 34.4. The molecule has 4 saturated carbocycles. The van der Waals surface area contributed by atoms with Gasteiger partial charge in [0.1, 0.15) is 6.04 Å². The average molecular weight is 1320 g/mol. The zero-order valence-corrected chi connectivity index (χ0v) is 55.0. The Balaban J connectivity index is 0.533. The van der Waals surface area contributed by atoms with Crippen molar-refractivity contribution in [3.05, 3.63) is 66.1 Å². The van der Waals surface area contributed by atoms with Crippen molar-refractivity contribution in [3.8, 4) is 6.07 Å². The third kappa shape index (κ3) is 21.3. The number of rotatable bonds is 31. The fraction of sp³-hybridized carbons (Fsp3) is 0.667. The van der Waals surface area contributed by atoms with Gasteiger partial charge >= 0.3 is 0 Å². The molecule has 3 aromatic rings. The number of carbonyl (C=O) groups is 8. The highest BCUT2D eigenvalue weighted by atomic mass is 19.3. The van der Waals surface area contributed by atoms with Crippen LogP contribution >= 0.6 is 0 Å². The quantitative estimate of drug-likeness (QED) is 0.0420. The molecule has 4 heterocycles. The molecule has 2 aliphatic heterocycles. The van der Waals surface area contributed by atoms with Crippen molar-refractivity contribution >= 4 is 63.8 Å². The second-order valence-electron chi connectivity index (χ2n) is 26.5. The minimum atomic E-state index is -3.17. The van der Waals surface area contributed by atoms with Crippen molar-refractivity contribution < 1.29 is 66.1 Å². The summed E-state index contributed by atoms with van der Waals surface area (Å²) in [7, 11) is 3.59. The molecule has 95 heavy (non-hydrogen) atoms. The molecule has 26 heteroatoms. The third-order valence-corrected chi connectivity index (χ3v) is 19.7. The fourth-order valence-electron chi connectivity index (χ4n) is 14.2. The molecule has 0 radical (unpaired) electrons. The van der Waals surface area contributed by atoms with E-state index in [1.165, 1.54) is 12.3 Å². The molecular formula is C69H96F2N12O12. The molecule has 4 aliphatic carbocycles. The third-order valence-electron chi connectivity index (χ3n) is 19.7. The number of nitrogens with zero attached hydrogens (tertiary/aromatic N) is 6. The number of aromatic nitrogens is 2. The van der Waals surface area contributed by atoms with Crippen LogP contribution in [0.5, 0.6) is 0 Å². The van der Waals surface area contributed by atoms with Crippen LogP contribution in [0.3, 0.4) is 0 Å². The van der Waals surface area contributed by atoms with Crippen LogP contribution in [0.2, 0.25) is 0 Å². The Morgan fingerprint density at radius 3 is 1.75 bits per heavy atom. The minimum Gasteiger partial charge on any atom is -0.378 e. The number of likely N-dealkylation sites (tertiary alicyclic amines) is 2. The van der Waals surface area contributed by atoms with Crippen LogP contribution in [0.25, 0.3) is 10.9 Å². The smallest absolute Gasteiger partial charge is 0.268 e. The number of benzene rings is 1. The summed E-state index contributed by atoms with van der Waals surface area (Å²) >= 11 is 0. The lowest BCUT2D eigenvalue weighted by molar-refractivity contribution is -0.131. The van der Waals surface area contributed by atoms with E-state index in [9.17, 15) is 52.4 Å². The minimum absolute atomic E-state index is 0.0143. The molecule has 6 fully saturated rings. The SMILES string of the molecule is CN(CCNC(=O)C1CCC(NC(=O)CCCOC2CCC(OCCNC(=O)C3CCC(NC(=O)CCCOC4CCC(OCCNC(=O)[C@H]5CC(=O)N(C)[C@@H]5c5cccnc5)CC4)CC3)CC2)CC1)c1ccc2nccc(C(=O)NCC(=O)N3CC(F)(F)CC3C#N)c2c1. The standard InChI is InChI=1S/C69H96F2N12O12/c1-81(50-17-26-59-57(38-50)56(27-29-74-59)67(90)78-43-63(87)83-44-69(70,71)40-51(83)41-72)33-30-75-65(88)45-9-13-48(14-10-45)79-60(84)7-4-34-92-52-18-22-54(23-19-52)94-36-31-76-66(89)46-11-15-49(16-12-46)80-61(85)8-5-35-93-53-20-24-55(25-21-53)95-37-32-77-68(91)58-39-62(86)82(2)64(58)47-6-3-28-73-42-47/h3,6,17,26-29,38,42,45-46,48-49,51-55,58,64H,4-5,7-16,18-25,30-37,39-40,43-44H2,1-2H3,(H,75,88)(H,76,89)(H,77,91)(H,78,90)(H,79,84)(H,80,85)/t45?,46?,48?,49?,51?,52?,53?,54?,55?,58-,64+/m0/s1. The molecule has 2 aromatic heterocycles. The molecule has 0 spiro atoms. The van der Waals surface area contributed by atoms with Crippen LogP contribution in [0.15, 0.2) is 55.0 Å². The summed E-state index contributed by atoms with van der Waals surface area (Å²) in [6.45, 7) is 2.10. The van der Waals surface area contributed by atoms with Gasteiger partial charge in [-0.25, -0.2) is 8.78 Å². The summed E-state index contributed by atoms with van der Waals surface area (Å²) in [5, 5.41) is 27.7. The van der Waals surface area contributed by atoms with Gasteiger partial charge in [0.25, 0.3) is 11.8 Å². The van der Waals surface area contributed by atoms with Gasteiger partial charge in [-0.05, 0) is 151 Å². The van der Waals surface area contributed by atoms with E-state index in [0.29, 0.717) is 115 Å². The highest BCUT2D eigenvalue weighted by Gasteiger charge is 2.47. The Bertz CT molecular complexity index is 3110. The largest absolute Gasteiger partial charge is 0.378 e. The first-order valence-corrected chi connectivity index (χ1v) is 34.4. The molecule has 6 N–H and O–H groups in total. The number of hydrogen-bond acceptors (Lipinski definition) is 16. The Kier molecular flexibility index (Phi) is 26.8. The Morgan fingerprint density at radius 1 is 0.674 bits per heavy atom. The summed E-state index contributed by atoms with van der Waals surface area (Å²) in [6.07, 6.45) is 19.5. The van der Waals surface area contributed by atoms with E-state index in [4.69, 9.17) is 18.9 Å². The van der Waals surface area contributed by atoms with E-state index in [0.717, 1.165) is 93.2 Å². The number of halogens is 2. The van der Waals surface area contributed by atoms with Crippen LogP contribution < -0.4 is 36.8 Å². The number of carbonyl (C=O) groups excluding carboxylic acids is 8. The maximum absolute atomic E-state index is 13.9. The highest BCUT2D eigenvalue weighted by Crippen LogP contribution is 2.37. The lowest BCUT2D eigenvalue weighted by atomic mass is 9.85. The van der Waals surface area contributed by atoms with E-state index in [1.807, 2.05) is 30.1 Å². The first-order chi connectivity index (χ1) is 45.9. The Hall–Kier alpha value is -7.47. The van der Waals surface area contributed by atoms with Crippen molar-refractivity contribution in [2.24, 2.45) is 17.8 Å². The molecule has 9 rings (SSSR count). The van der Waals surface area contributed by atoms with Crippen molar-refractivity contribution in [3.63, 3.8) is 0 Å². The number of nitriles is 1. The molecule has 518 valence electrons. The van der Waals surface area contributed by atoms with E-state index >= 15 is 0 Å². The molecule has 2 saturated heterocycles. The number of likely N-dealkylation sites (N-methyl/N-ethyl adjacent to an activating group) is 1. The van der Waals surface area contributed by atoms with Gasteiger partial charge in [0.2, 0.25) is 41.4 Å². The van der Waals surface area contributed by atoms with E-state index in [-0.39, 0.29) is 102 Å². The number of nitrogens with one attached hydrogen (secondary N) is 6. The summed E-state index contributed by atoms with van der Waals surface area (Å²) < 4.78 is 52.3. The number of ether oxygens (including phenoxy) is 4. The van der Waals surface area contributed by atoms with Gasteiger partial charge < -0.3 is 65.5 Å². The molecule has 1 aromatic carbocycles. The van der Waals surface area contributed by atoms with Gasteiger partial charge in [-0.15, -0.1) is 0 Å². The van der Waals surface area contributed by atoms with Gasteiger partial charge in [-0.2, -0.15) is 5.26 Å². The van der Waals surface area contributed by atoms with Crippen molar-refractivity contribution in [1.29, 1.82) is 5.26 Å². The molecule has 8 amide bonds. The Labute approximate surface area is 555 Å². The van der Waals surface area contributed by atoms with E-state index in [1.54, 1.807) is 42.5 Å². The van der Waals surface area contributed by atoms with Crippen LogP contribution in [-0.4, -0.2) is 195 Å². The maximum Gasteiger partial charge on any atom is 0.268 e. The van der Waals surface area contributed by atoms with Crippen molar-refractivity contribution in [2.75, 3.05) is 84.7 Å². The van der Waals surface area contributed by atoms with Crippen molar-refractivity contribution in [1.82, 2.24) is 51.7 Å². The highest BCUT2D eigenvalue weighted by molar-refractivity contribution is 6.07. The topological polar surface area (TPSA) is 305 Å². The summed E-state index contributed by atoms with van der Waals surface area (Å²) in [5.74, 6) is -5.45. The number of amides is 8. The first kappa shape index (κ1) is 71.8. The fourth-order valence-corrected chi connectivity index (χ4v) is 14.2. The Morgan fingerprint density at radius 2 is 1.21 bits per heavy atom. The van der Waals surface area contributed by atoms with Gasteiger partial charge in [0.15, 0.2) is 0 Å². The van der Waals surface area contributed by atoms with Gasteiger partial charge in [-0.3, -0.25) is 48.3 Å². The lowest BCUT2D eigenvalue weighted by Gasteiger charge is -2.30. The maximum atomic E-state index is 13.9. The van der Waals surface area contributed by atoms with Gasteiger partial charge in [-0.1, -0.05) is 6.07 Å². The number of fused-ring (bicyclic) bond motifs is 1. The monoisotopic (exact) mass is 1320 g/mol. The zero-order chi connectivity index (χ0) is 67.3. The number of hydrogen-bond donors (Lipinski definition) is 6. The normalized spacial score (nSPS) is 25.8. The van der Waals surface area contributed by atoms with E-state index in [2.05, 4.69) is 41.9 Å². The van der Waals surface area contributed by atoms with Gasteiger partial charge in [0.05, 0.1) is 79.8 Å². The van der Waals surface area contributed by atoms with Crippen molar-refractivity contribution in [2.45, 2.75) is 196 Å². The summed E-state index contributed by atoms with van der Waals surface area (Å²) in [5.41, 5.74) is 2.37. The zero-order valence-electron chi connectivity index (χ0n) is 55.0. The van der Waals surface area contributed by atoms with Gasteiger partial charge in [0, 0.05) is 133 Å². The second-order valence-corrected chi connectivity index (χ2v) is 26.5. The molecule has 24 nitrogen and oxygen atoms in total. The number of alkyl halides is 2. The molecule has 3 atom stereocenters. The molecular weight excluding hydrogens is 1230 g/mol. The van der Waals surface area contributed by atoms with Crippen LogP contribution in [0.1, 0.15) is 163 Å². The van der Waals surface area contributed by atoms with Crippen LogP contribution in [0, 0.1) is 29.1 Å². The second kappa shape index (κ2) is 35.5.